The molecule has 22 heavy (non-hydrogen) atoms. The highest BCUT2D eigenvalue weighted by Gasteiger charge is 2.15. The van der Waals surface area contributed by atoms with Crippen LogP contribution in [-0.4, -0.2) is 15.5 Å². The number of aromatic nitrogens is 2. The molecule has 0 aliphatic rings. The maximum Gasteiger partial charge on any atom is 0.209 e. The molecule has 5 nitrogen and oxygen atoms in total. The molecule has 0 bridgehead atoms. The number of fused-ring (bicyclic) bond motifs is 1. The summed E-state index contributed by atoms with van der Waals surface area (Å²) in [7, 11) is 0. The van der Waals surface area contributed by atoms with E-state index in [4.69, 9.17) is 4.74 Å². The van der Waals surface area contributed by atoms with Gasteiger partial charge in [0, 0.05) is 11.8 Å². The summed E-state index contributed by atoms with van der Waals surface area (Å²) in [5.74, 6) is 1.11. The van der Waals surface area contributed by atoms with Crippen molar-refractivity contribution in [1.29, 1.82) is 0 Å². The normalized spacial score (nSPS) is 11.1. The Morgan fingerprint density at radius 1 is 1.14 bits per heavy atom. The average molecular weight is 295 g/mol. The molecule has 0 amide bonds. The van der Waals surface area contributed by atoms with E-state index in [1.807, 2.05) is 63.4 Å². The molecule has 1 aromatic carbocycles. The molecule has 0 aliphatic carbocycles. The van der Waals surface area contributed by atoms with Crippen molar-refractivity contribution >= 4 is 11.5 Å². The quantitative estimate of drug-likeness (QED) is 0.666. The molecular weight excluding hydrogens is 278 g/mol. The van der Waals surface area contributed by atoms with E-state index in [1.165, 1.54) is 0 Å². The summed E-state index contributed by atoms with van der Waals surface area (Å²) in [6, 6.07) is 11.4. The molecule has 0 N–H and O–H groups in total. The van der Waals surface area contributed by atoms with Crippen LogP contribution in [0.25, 0.3) is 16.9 Å². The number of benzene rings is 1. The number of aryl methyl sites for hydroxylation is 1. The number of hydrogen-bond acceptors (Lipinski definition) is 4. The maximum absolute atomic E-state index is 11.3. The van der Waals surface area contributed by atoms with E-state index < -0.39 is 0 Å². The van der Waals surface area contributed by atoms with Crippen molar-refractivity contribution in [2.75, 3.05) is 0 Å². The third-order valence-corrected chi connectivity index (χ3v) is 3.33. The highest BCUT2D eigenvalue weighted by molar-refractivity contribution is 5.74. The Morgan fingerprint density at radius 3 is 2.50 bits per heavy atom. The minimum absolute atomic E-state index is 0.122. The number of hydrogen-bond donors (Lipinski definition) is 0. The second-order valence-electron chi connectivity index (χ2n) is 5.50. The number of rotatable bonds is 4. The van der Waals surface area contributed by atoms with Gasteiger partial charge in [-0.05, 0) is 61.8 Å². The first-order chi connectivity index (χ1) is 10.6. The number of nitroso groups, excluding NO2 is 1. The van der Waals surface area contributed by atoms with Gasteiger partial charge in [-0.1, -0.05) is 6.07 Å². The molecule has 0 saturated heterocycles. The molecule has 0 spiro atoms. The zero-order valence-electron chi connectivity index (χ0n) is 12.8. The molecule has 0 fully saturated rings. The van der Waals surface area contributed by atoms with Crippen molar-refractivity contribution in [3.05, 3.63) is 53.1 Å². The van der Waals surface area contributed by atoms with Crippen LogP contribution in [0.4, 0.5) is 5.82 Å². The molecule has 3 aromatic rings. The fraction of sp³-hybridized carbons (Fsp3) is 0.235. The van der Waals surface area contributed by atoms with Crippen LogP contribution in [-0.2, 0) is 0 Å². The zero-order valence-corrected chi connectivity index (χ0v) is 12.8. The predicted octanol–water partition coefficient (Wildman–Crippen LogP) is 4.49. The van der Waals surface area contributed by atoms with Gasteiger partial charge >= 0.3 is 0 Å². The molecule has 0 atom stereocenters. The van der Waals surface area contributed by atoms with E-state index in [2.05, 4.69) is 10.2 Å². The lowest BCUT2D eigenvalue weighted by atomic mass is 10.1. The SMILES string of the molecule is Cc1ccc2nc(-c3ccc(OC(C)C)cc3)c(N=O)n2c1. The first-order valence-corrected chi connectivity index (χ1v) is 7.17. The molecule has 0 radical (unpaired) electrons. The molecule has 2 aromatic heterocycles. The summed E-state index contributed by atoms with van der Waals surface area (Å²) < 4.78 is 7.34. The van der Waals surface area contributed by atoms with Crippen molar-refractivity contribution in [3.8, 4) is 17.0 Å². The Labute approximate surface area is 128 Å². The molecule has 112 valence electrons. The van der Waals surface area contributed by atoms with Crippen LogP contribution in [0.1, 0.15) is 19.4 Å². The predicted molar refractivity (Wildman–Crippen MR) is 86.6 cm³/mol. The van der Waals surface area contributed by atoms with Crippen molar-refractivity contribution in [3.63, 3.8) is 0 Å². The Hall–Kier alpha value is -2.69. The van der Waals surface area contributed by atoms with Crippen molar-refractivity contribution in [2.45, 2.75) is 26.9 Å². The van der Waals surface area contributed by atoms with Gasteiger partial charge in [0.2, 0.25) is 5.82 Å². The molecule has 0 aliphatic heterocycles. The van der Waals surface area contributed by atoms with Gasteiger partial charge < -0.3 is 4.74 Å². The number of imidazole rings is 1. The number of pyridine rings is 1. The largest absolute Gasteiger partial charge is 0.491 e. The molecule has 3 rings (SSSR count). The summed E-state index contributed by atoms with van der Waals surface area (Å²) in [6.45, 7) is 5.92. The third kappa shape index (κ3) is 2.57. The lowest BCUT2D eigenvalue weighted by Gasteiger charge is -2.09. The first kappa shape index (κ1) is 14.3. The lowest BCUT2D eigenvalue weighted by molar-refractivity contribution is 0.242. The van der Waals surface area contributed by atoms with Crippen LogP contribution in [0.15, 0.2) is 47.8 Å². The molecule has 0 unspecified atom stereocenters. The van der Waals surface area contributed by atoms with E-state index in [1.54, 1.807) is 4.40 Å². The van der Waals surface area contributed by atoms with E-state index in [0.717, 1.165) is 16.9 Å². The summed E-state index contributed by atoms with van der Waals surface area (Å²) in [4.78, 5) is 15.8. The van der Waals surface area contributed by atoms with Gasteiger partial charge in [0.05, 0.1) is 6.10 Å². The van der Waals surface area contributed by atoms with Crippen LogP contribution in [0.3, 0.4) is 0 Å². The van der Waals surface area contributed by atoms with Gasteiger partial charge in [0.1, 0.15) is 17.1 Å². The summed E-state index contributed by atoms with van der Waals surface area (Å²) in [5, 5.41) is 3.17. The zero-order chi connectivity index (χ0) is 15.7. The van der Waals surface area contributed by atoms with Gasteiger partial charge in [0.15, 0.2) is 0 Å². The third-order valence-electron chi connectivity index (χ3n) is 3.33. The minimum Gasteiger partial charge on any atom is -0.491 e. The Balaban J connectivity index is 2.07. The van der Waals surface area contributed by atoms with Crippen LogP contribution in [0.2, 0.25) is 0 Å². The lowest BCUT2D eigenvalue weighted by Crippen LogP contribution is -2.05. The monoisotopic (exact) mass is 295 g/mol. The van der Waals surface area contributed by atoms with Gasteiger partial charge in [-0.25, -0.2) is 4.98 Å². The van der Waals surface area contributed by atoms with Crippen molar-refractivity contribution in [2.24, 2.45) is 5.18 Å². The highest BCUT2D eigenvalue weighted by Crippen LogP contribution is 2.32. The average Bonchev–Trinajstić information content (AvgIpc) is 2.85. The van der Waals surface area contributed by atoms with E-state index in [-0.39, 0.29) is 6.10 Å². The Morgan fingerprint density at radius 2 is 1.86 bits per heavy atom. The van der Waals surface area contributed by atoms with Gasteiger partial charge in [-0.2, -0.15) is 0 Å². The van der Waals surface area contributed by atoms with Crippen LogP contribution in [0, 0.1) is 11.8 Å². The van der Waals surface area contributed by atoms with Gasteiger partial charge in [-0.3, -0.25) is 4.40 Å². The molecule has 0 saturated carbocycles. The Kier molecular flexibility index (Phi) is 3.63. The van der Waals surface area contributed by atoms with E-state index in [9.17, 15) is 4.91 Å². The van der Waals surface area contributed by atoms with Gasteiger partial charge in [0.25, 0.3) is 0 Å². The molecule has 2 heterocycles. The minimum atomic E-state index is 0.122. The molecular formula is C17H17N3O2. The van der Waals surface area contributed by atoms with Crippen molar-refractivity contribution in [1.82, 2.24) is 9.38 Å². The molecule has 5 heteroatoms. The maximum atomic E-state index is 11.3. The summed E-state index contributed by atoms with van der Waals surface area (Å²) in [6.07, 6.45) is 1.98. The second kappa shape index (κ2) is 5.60. The van der Waals surface area contributed by atoms with Gasteiger partial charge in [-0.15, -0.1) is 4.91 Å². The summed E-state index contributed by atoms with van der Waals surface area (Å²) in [5.41, 5.74) is 3.17. The smallest absolute Gasteiger partial charge is 0.209 e. The van der Waals surface area contributed by atoms with Crippen molar-refractivity contribution < 1.29 is 4.74 Å². The van der Waals surface area contributed by atoms with Crippen LogP contribution < -0.4 is 4.74 Å². The Bertz CT molecular complexity index is 820. The summed E-state index contributed by atoms with van der Waals surface area (Å²) >= 11 is 0. The first-order valence-electron chi connectivity index (χ1n) is 7.17. The standard InChI is InChI=1S/C17H17N3O2/c1-11(2)22-14-7-5-13(6-8-14)16-17(19-21)20-10-12(3)4-9-15(20)18-16/h4-11H,1-3H3. The fourth-order valence-electron chi connectivity index (χ4n) is 2.38. The topological polar surface area (TPSA) is 56.0 Å². The van der Waals surface area contributed by atoms with E-state index in [0.29, 0.717) is 17.2 Å². The van der Waals surface area contributed by atoms with Crippen LogP contribution >= 0.6 is 0 Å². The fourth-order valence-corrected chi connectivity index (χ4v) is 2.38. The van der Waals surface area contributed by atoms with Crippen LogP contribution in [0.5, 0.6) is 5.75 Å². The second-order valence-corrected chi connectivity index (χ2v) is 5.50. The van der Waals surface area contributed by atoms with E-state index >= 15 is 0 Å². The highest BCUT2D eigenvalue weighted by atomic mass is 16.5. The number of nitrogens with zero attached hydrogens (tertiary/aromatic N) is 3. The number of ether oxygens (including phenoxy) is 1.